The van der Waals surface area contributed by atoms with Crippen LogP contribution in [0.25, 0.3) is 0 Å². The number of aryl methyl sites for hydroxylation is 1. The first kappa shape index (κ1) is 21.8. The molecule has 3 rings (SSSR count). The van der Waals surface area contributed by atoms with Gasteiger partial charge in [0.05, 0.1) is 17.1 Å². The van der Waals surface area contributed by atoms with Crippen molar-refractivity contribution in [1.29, 1.82) is 0 Å². The van der Waals surface area contributed by atoms with Crippen LogP contribution < -0.4 is 9.62 Å². The van der Waals surface area contributed by atoms with Crippen molar-refractivity contribution in [2.75, 3.05) is 15.4 Å². The summed E-state index contributed by atoms with van der Waals surface area (Å²) < 4.78 is 27.2. The summed E-state index contributed by atoms with van der Waals surface area (Å²) >= 11 is 0. The molecule has 0 aliphatic heterocycles. The fraction of sp³-hybridized carbons (Fsp3) is 0.292. The van der Waals surface area contributed by atoms with Gasteiger partial charge in [-0.05, 0) is 36.6 Å². The van der Waals surface area contributed by atoms with Crippen molar-refractivity contribution < 1.29 is 8.42 Å². The first-order chi connectivity index (χ1) is 14.5. The summed E-state index contributed by atoms with van der Waals surface area (Å²) in [5.41, 5.74) is 3.59. The monoisotopic (exact) mass is 423 g/mol. The van der Waals surface area contributed by atoms with Gasteiger partial charge in [0.2, 0.25) is 10.0 Å². The molecule has 3 aromatic rings. The Labute approximate surface area is 179 Å². The lowest BCUT2D eigenvalue weighted by atomic mass is 10.1. The quantitative estimate of drug-likeness (QED) is 0.490. The number of hydrogen-bond donors (Lipinski definition) is 1. The number of anilines is 2. The van der Waals surface area contributed by atoms with Crippen molar-refractivity contribution in [2.45, 2.75) is 39.8 Å². The largest absolute Gasteiger partial charge is 0.348 e. The van der Waals surface area contributed by atoms with E-state index in [-0.39, 0.29) is 5.75 Å². The maximum atomic E-state index is 12.3. The van der Waals surface area contributed by atoms with Crippen LogP contribution in [0, 0.1) is 6.92 Å². The minimum Gasteiger partial charge on any atom is -0.348 e. The Balaban J connectivity index is 1.84. The topological polar surface area (TPSA) is 62.3 Å². The number of rotatable bonds is 10. The minimum absolute atomic E-state index is 0.124. The third-order valence-electron chi connectivity index (χ3n) is 4.86. The van der Waals surface area contributed by atoms with Crippen molar-refractivity contribution in [2.24, 2.45) is 0 Å². The Kier molecular flexibility index (Phi) is 7.46. The third kappa shape index (κ3) is 6.32. The maximum Gasteiger partial charge on any atom is 0.232 e. The highest BCUT2D eigenvalue weighted by molar-refractivity contribution is 7.92. The Morgan fingerprint density at radius 3 is 1.93 bits per heavy atom. The summed E-state index contributed by atoms with van der Waals surface area (Å²) in [6, 6.07) is 24.2. The van der Waals surface area contributed by atoms with E-state index in [9.17, 15) is 8.42 Å². The van der Waals surface area contributed by atoms with Crippen molar-refractivity contribution in [3.05, 3.63) is 89.6 Å². The van der Waals surface area contributed by atoms with E-state index in [1.807, 2.05) is 62.4 Å². The van der Waals surface area contributed by atoms with Gasteiger partial charge in [0, 0.05) is 13.1 Å². The SMILES string of the molecule is CCCCS(=O)(=O)Nc1ccc(N(Cc2ccccc2)Cc2ccccc2)nc1C. The molecule has 0 spiro atoms. The average Bonchev–Trinajstić information content (AvgIpc) is 2.75. The summed E-state index contributed by atoms with van der Waals surface area (Å²) in [6.07, 6.45) is 1.48. The van der Waals surface area contributed by atoms with Gasteiger partial charge in [-0.25, -0.2) is 13.4 Å². The van der Waals surface area contributed by atoms with E-state index in [2.05, 4.69) is 33.9 Å². The molecule has 0 aliphatic carbocycles. The van der Waals surface area contributed by atoms with Crippen LogP contribution in [0.5, 0.6) is 0 Å². The number of nitrogens with zero attached hydrogens (tertiary/aromatic N) is 2. The average molecular weight is 424 g/mol. The van der Waals surface area contributed by atoms with Crippen molar-refractivity contribution >= 4 is 21.5 Å². The molecule has 0 aliphatic rings. The van der Waals surface area contributed by atoms with Crippen LogP contribution in [0.4, 0.5) is 11.5 Å². The summed E-state index contributed by atoms with van der Waals surface area (Å²) in [7, 11) is -3.35. The molecule has 0 fully saturated rings. The van der Waals surface area contributed by atoms with Gasteiger partial charge in [-0.1, -0.05) is 74.0 Å². The highest BCUT2D eigenvalue weighted by Crippen LogP contribution is 2.23. The van der Waals surface area contributed by atoms with Crippen LogP contribution in [-0.2, 0) is 23.1 Å². The molecule has 0 saturated heterocycles. The van der Waals surface area contributed by atoms with Crippen LogP contribution in [0.15, 0.2) is 72.8 Å². The van der Waals surface area contributed by atoms with E-state index in [4.69, 9.17) is 4.98 Å². The fourth-order valence-electron chi connectivity index (χ4n) is 3.21. The Morgan fingerprint density at radius 2 is 1.43 bits per heavy atom. The van der Waals surface area contributed by atoms with Crippen LogP contribution >= 0.6 is 0 Å². The molecule has 1 heterocycles. The molecule has 0 bridgehead atoms. The minimum atomic E-state index is -3.35. The number of aromatic nitrogens is 1. The van der Waals surface area contributed by atoms with E-state index < -0.39 is 10.0 Å². The lowest BCUT2D eigenvalue weighted by Gasteiger charge is -2.25. The fourth-order valence-corrected chi connectivity index (χ4v) is 4.53. The Bertz CT molecular complexity index is 997. The number of unbranched alkanes of at least 4 members (excludes halogenated alkanes) is 1. The zero-order valence-corrected chi connectivity index (χ0v) is 18.4. The van der Waals surface area contributed by atoms with Gasteiger partial charge in [-0.15, -0.1) is 0 Å². The van der Waals surface area contributed by atoms with Crippen molar-refractivity contribution in [3.8, 4) is 0 Å². The molecule has 2 aromatic carbocycles. The number of pyridine rings is 1. The van der Waals surface area contributed by atoms with Gasteiger partial charge in [-0.3, -0.25) is 4.72 Å². The van der Waals surface area contributed by atoms with E-state index in [1.54, 1.807) is 0 Å². The molecule has 158 valence electrons. The Hall–Kier alpha value is -2.86. The standard InChI is InChI=1S/C24H29N3O2S/c1-3-4-17-30(28,29)26-23-15-16-24(25-20(23)2)27(18-21-11-7-5-8-12-21)19-22-13-9-6-10-14-22/h5-16,26H,3-4,17-19H2,1-2H3. The van der Waals surface area contributed by atoms with Crippen molar-refractivity contribution in [1.82, 2.24) is 4.98 Å². The normalized spacial score (nSPS) is 11.3. The second-order valence-electron chi connectivity index (χ2n) is 7.40. The van der Waals surface area contributed by atoms with Crippen LogP contribution in [0.1, 0.15) is 36.6 Å². The third-order valence-corrected chi connectivity index (χ3v) is 6.22. The zero-order valence-electron chi connectivity index (χ0n) is 17.6. The van der Waals surface area contributed by atoms with Crippen LogP contribution in [0.2, 0.25) is 0 Å². The van der Waals surface area contributed by atoms with E-state index >= 15 is 0 Å². The van der Waals surface area contributed by atoms with Gasteiger partial charge in [0.25, 0.3) is 0 Å². The van der Waals surface area contributed by atoms with Crippen molar-refractivity contribution in [3.63, 3.8) is 0 Å². The van der Waals surface area contributed by atoms with E-state index in [0.717, 1.165) is 12.2 Å². The molecule has 0 unspecified atom stereocenters. The number of nitrogens with one attached hydrogen (secondary N) is 1. The lowest BCUT2D eigenvalue weighted by molar-refractivity contribution is 0.598. The molecule has 0 atom stereocenters. The van der Waals surface area contributed by atoms with Gasteiger partial charge in [0.1, 0.15) is 5.82 Å². The van der Waals surface area contributed by atoms with E-state index in [1.165, 1.54) is 11.1 Å². The summed E-state index contributed by atoms with van der Waals surface area (Å²) in [5.74, 6) is 0.940. The molecule has 6 heteroatoms. The molecule has 0 saturated carbocycles. The molecule has 0 radical (unpaired) electrons. The molecule has 30 heavy (non-hydrogen) atoms. The Morgan fingerprint density at radius 1 is 0.867 bits per heavy atom. The summed E-state index contributed by atoms with van der Waals surface area (Å²) in [6.45, 7) is 5.24. The van der Waals surface area contributed by atoms with Crippen LogP contribution in [0.3, 0.4) is 0 Å². The summed E-state index contributed by atoms with van der Waals surface area (Å²) in [4.78, 5) is 6.93. The highest BCUT2D eigenvalue weighted by atomic mass is 32.2. The molecule has 5 nitrogen and oxygen atoms in total. The maximum absolute atomic E-state index is 12.3. The first-order valence-corrected chi connectivity index (χ1v) is 11.9. The lowest BCUT2D eigenvalue weighted by Crippen LogP contribution is -2.24. The van der Waals surface area contributed by atoms with Crippen LogP contribution in [-0.4, -0.2) is 19.2 Å². The predicted octanol–water partition coefficient (Wildman–Crippen LogP) is 5.14. The van der Waals surface area contributed by atoms with Gasteiger partial charge < -0.3 is 4.90 Å². The zero-order chi connectivity index (χ0) is 21.4. The van der Waals surface area contributed by atoms with Gasteiger partial charge >= 0.3 is 0 Å². The van der Waals surface area contributed by atoms with E-state index in [0.29, 0.717) is 30.9 Å². The molecule has 1 N–H and O–H groups in total. The highest BCUT2D eigenvalue weighted by Gasteiger charge is 2.15. The van der Waals surface area contributed by atoms with Gasteiger partial charge in [0.15, 0.2) is 0 Å². The molecule has 1 aromatic heterocycles. The smallest absolute Gasteiger partial charge is 0.232 e. The second-order valence-corrected chi connectivity index (χ2v) is 9.25. The molecule has 0 amide bonds. The number of hydrogen-bond acceptors (Lipinski definition) is 4. The number of sulfonamides is 1. The van der Waals surface area contributed by atoms with Gasteiger partial charge in [-0.2, -0.15) is 0 Å². The predicted molar refractivity (Wildman–Crippen MR) is 124 cm³/mol. The second kappa shape index (κ2) is 10.3. The molecular formula is C24H29N3O2S. The summed E-state index contributed by atoms with van der Waals surface area (Å²) in [5, 5.41) is 0. The first-order valence-electron chi connectivity index (χ1n) is 10.3. The molecular weight excluding hydrogens is 394 g/mol. The number of benzene rings is 2.